The third-order valence-electron chi connectivity index (χ3n) is 2.87. The average Bonchev–Trinajstić information content (AvgIpc) is 2.70. The van der Waals surface area contributed by atoms with Crippen LogP contribution in [0.1, 0.15) is 34.1 Å². The minimum Gasteiger partial charge on any atom is -0.389 e. The topological polar surface area (TPSA) is 41.5 Å². The van der Waals surface area contributed by atoms with Gasteiger partial charge in [0.2, 0.25) is 0 Å². The molecule has 15 heavy (non-hydrogen) atoms. The Balaban J connectivity index is 1.97. The number of hydrogen-bond donors (Lipinski definition) is 2. The van der Waals surface area contributed by atoms with E-state index in [4.69, 9.17) is 4.74 Å². The van der Waals surface area contributed by atoms with Crippen LogP contribution in [0.4, 0.5) is 0 Å². The van der Waals surface area contributed by atoms with Crippen molar-refractivity contribution in [1.82, 2.24) is 5.32 Å². The van der Waals surface area contributed by atoms with Gasteiger partial charge in [0.1, 0.15) is 0 Å². The van der Waals surface area contributed by atoms with Crippen molar-refractivity contribution >= 4 is 0 Å². The zero-order chi connectivity index (χ0) is 11.5. The molecule has 0 saturated heterocycles. The Bertz CT molecular complexity index is 192. The molecule has 1 rings (SSSR count). The van der Waals surface area contributed by atoms with Crippen LogP contribution in [0.5, 0.6) is 0 Å². The van der Waals surface area contributed by atoms with Gasteiger partial charge in [0.25, 0.3) is 0 Å². The zero-order valence-electron chi connectivity index (χ0n) is 10.4. The Kier molecular flexibility index (Phi) is 4.56. The second kappa shape index (κ2) is 5.28. The highest BCUT2D eigenvalue weighted by molar-refractivity contribution is 5.01. The fourth-order valence-corrected chi connectivity index (χ4v) is 1.59. The molecule has 2 atom stereocenters. The van der Waals surface area contributed by atoms with Crippen LogP contribution in [0.15, 0.2) is 0 Å². The minimum atomic E-state index is -0.375. The van der Waals surface area contributed by atoms with E-state index in [2.05, 4.69) is 33.0 Å². The molecule has 0 aromatic rings. The molecule has 90 valence electrons. The molecule has 3 heteroatoms. The fourth-order valence-electron chi connectivity index (χ4n) is 1.59. The highest BCUT2D eigenvalue weighted by Crippen LogP contribution is 2.44. The Labute approximate surface area is 93.2 Å². The van der Waals surface area contributed by atoms with E-state index in [1.54, 1.807) is 0 Å². The third-order valence-corrected chi connectivity index (χ3v) is 2.87. The molecule has 2 N–H and O–H groups in total. The Morgan fingerprint density at radius 2 is 2.00 bits per heavy atom. The van der Waals surface area contributed by atoms with E-state index in [1.807, 2.05) is 0 Å². The summed E-state index contributed by atoms with van der Waals surface area (Å²) in [6, 6.07) is 0.581. The number of aliphatic hydroxyl groups excluding tert-OH is 1. The van der Waals surface area contributed by atoms with Crippen molar-refractivity contribution in [3.8, 4) is 0 Å². The van der Waals surface area contributed by atoms with Gasteiger partial charge >= 0.3 is 0 Å². The Hall–Kier alpha value is -0.120. The number of nitrogens with one attached hydrogen (secondary N) is 1. The van der Waals surface area contributed by atoms with Gasteiger partial charge in [0.15, 0.2) is 0 Å². The summed E-state index contributed by atoms with van der Waals surface area (Å²) < 4.78 is 5.37. The van der Waals surface area contributed by atoms with E-state index < -0.39 is 0 Å². The van der Waals surface area contributed by atoms with E-state index in [-0.39, 0.29) is 6.10 Å². The Morgan fingerprint density at radius 1 is 1.40 bits per heavy atom. The van der Waals surface area contributed by atoms with Gasteiger partial charge in [-0.1, -0.05) is 27.7 Å². The van der Waals surface area contributed by atoms with Crippen LogP contribution in [0, 0.1) is 11.3 Å². The molecule has 0 bridgehead atoms. The summed E-state index contributed by atoms with van der Waals surface area (Å²) >= 11 is 0. The molecule has 3 nitrogen and oxygen atoms in total. The standard InChI is InChI=1S/C12H25NO2/c1-9(2)7-15-8-10(14)6-13-11-5-12(11,3)4/h9-11,13-14H,5-8H2,1-4H3. The molecule has 0 aliphatic heterocycles. The lowest BCUT2D eigenvalue weighted by molar-refractivity contribution is 0.0257. The largest absolute Gasteiger partial charge is 0.389 e. The van der Waals surface area contributed by atoms with Gasteiger partial charge in [-0.25, -0.2) is 0 Å². The molecule has 0 amide bonds. The van der Waals surface area contributed by atoms with Crippen LogP contribution < -0.4 is 5.32 Å². The first-order valence-electron chi connectivity index (χ1n) is 5.91. The van der Waals surface area contributed by atoms with Crippen molar-refractivity contribution in [2.75, 3.05) is 19.8 Å². The van der Waals surface area contributed by atoms with Gasteiger partial charge in [-0.3, -0.25) is 0 Å². The number of aliphatic hydroxyl groups is 1. The third kappa shape index (κ3) is 4.96. The second-order valence-corrected chi connectivity index (χ2v) is 5.74. The molecule has 0 aromatic carbocycles. The first kappa shape index (κ1) is 12.9. The lowest BCUT2D eigenvalue weighted by Crippen LogP contribution is -2.33. The molecule has 0 spiro atoms. The summed E-state index contributed by atoms with van der Waals surface area (Å²) in [5, 5.41) is 13.0. The normalized spacial score (nSPS) is 25.6. The molecule has 1 saturated carbocycles. The van der Waals surface area contributed by atoms with Crippen molar-refractivity contribution < 1.29 is 9.84 Å². The van der Waals surface area contributed by atoms with Gasteiger partial charge in [-0.05, 0) is 17.8 Å². The van der Waals surface area contributed by atoms with Crippen LogP contribution in [-0.2, 0) is 4.74 Å². The van der Waals surface area contributed by atoms with Crippen molar-refractivity contribution in [1.29, 1.82) is 0 Å². The summed E-state index contributed by atoms with van der Waals surface area (Å²) in [6.45, 7) is 10.5. The molecule has 1 aliphatic carbocycles. The summed E-state index contributed by atoms with van der Waals surface area (Å²) in [5.74, 6) is 0.535. The predicted octanol–water partition coefficient (Wildman–Crippen LogP) is 1.41. The van der Waals surface area contributed by atoms with Crippen molar-refractivity contribution in [2.45, 2.75) is 46.3 Å². The summed E-state index contributed by atoms with van der Waals surface area (Å²) in [4.78, 5) is 0. The van der Waals surface area contributed by atoms with Crippen LogP contribution in [0.2, 0.25) is 0 Å². The smallest absolute Gasteiger partial charge is 0.0897 e. The van der Waals surface area contributed by atoms with Crippen LogP contribution in [0.3, 0.4) is 0 Å². The number of ether oxygens (including phenoxy) is 1. The molecular weight excluding hydrogens is 190 g/mol. The first-order chi connectivity index (χ1) is 6.92. The quantitative estimate of drug-likeness (QED) is 0.674. The highest BCUT2D eigenvalue weighted by atomic mass is 16.5. The average molecular weight is 215 g/mol. The van der Waals surface area contributed by atoms with E-state index in [0.717, 1.165) is 6.61 Å². The first-order valence-corrected chi connectivity index (χ1v) is 5.91. The molecule has 0 aromatic heterocycles. The molecule has 1 aliphatic rings. The zero-order valence-corrected chi connectivity index (χ0v) is 10.4. The van der Waals surface area contributed by atoms with Gasteiger partial charge in [-0.15, -0.1) is 0 Å². The van der Waals surface area contributed by atoms with Gasteiger partial charge in [0, 0.05) is 19.2 Å². The van der Waals surface area contributed by atoms with Crippen molar-refractivity contribution in [3.05, 3.63) is 0 Å². The lowest BCUT2D eigenvalue weighted by Gasteiger charge is -2.14. The van der Waals surface area contributed by atoms with E-state index in [0.29, 0.717) is 30.5 Å². The molecule has 2 unspecified atom stereocenters. The van der Waals surface area contributed by atoms with Crippen molar-refractivity contribution in [2.24, 2.45) is 11.3 Å². The number of rotatable bonds is 7. The maximum Gasteiger partial charge on any atom is 0.0897 e. The summed E-state index contributed by atoms with van der Waals surface area (Å²) in [6.07, 6.45) is 0.840. The predicted molar refractivity (Wildman–Crippen MR) is 61.9 cm³/mol. The highest BCUT2D eigenvalue weighted by Gasteiger charge is 2.45. The summed E-state index contributed by atoms with van der Waals surface area (Å²) in [7, 11) is 0. The molecule has 1 fully saturated rings. The molecular formula is C12H25NO2. The van der Waals surface area contributed by atoms with Crippen LogP contribution in [-0.4, -0.2) is 37.0 Å². The molecule has 0 heterocycles. The Morgan fingerprint density at radius 3 is 2.47 bits per heavy atom. The maximum absolute atomic E-state index is 9.62. The van der Waals surface area contributed by atoms with E-state index in [9.17, 15) is 5.11 Å². The second-order valence-electron chi connectivity index (χ2n) is 5.74. The van der Waals surface area contributed by atoms with Gasteiger partial charge in [0.05, 0.1) is 12.7 Å². The fraction of sp³-hybridized carbons (Fsp3) is 1.00. The van der Waals surface area contributed by atoms with Gasteiger partial charge in [-0.2, -0.15) is 0 Å². The van der Waals surface area contributed by atoms with Gasteiger partial charge < -0.3 is 15.2 Å². The monoisotopic (exact) mass is 215 g/mol. The molecule has 0 radical (unpaired) electrons. The van der Waals surface area contributed by atoms with E-state index >= 15 is 0 Å². The lowest BCUT2D eigenvalue weighted by atomic mass is 10.2. The van der Waals surface area contributed by atoms with Crippen LogP contribution >= 0.6 is 0 Å². The number of hydrogen-bond acceptors (Lipinski definition) is 3. The van der Waals surface area contributed by atoms with Crippen molar-refractivity contribution in [3.63, 3.8) is 0 Å². The SMILES string of the molecule is CC(C)COCC(O)CNC1CC1(C)C. The maximum atomic E-state index is 9.62. The van der Waals surface area contributed by atoms with E-state index in [1.165, 1.54) is 6.42 Å². The minimum absolute atomic E-state index is 0.375. The summed E-state index contributed by atoms with van der Waals surface area (Å²) in [5.41, 5.74) is 0.429. The van der Waals surface area contributed by atoms with Crippen LogP contribution in [0.25, 0.3) is 0 Å².